The zero-order valence-corrected chi connectivity index (χ0v) is 9.66. The summed E-state index contributed by atoms with van der Waals surface area (Å²) >= 11 is 0. The molecular formula is C11H20N4. The average molecular weight is 208 g/mol. The predicted octanol–water partition coefficient (Wildman–Crippen LogP) is 1.28. The number of nitrogens with zero attached hydrogens (tertiary/aromatic N) is 3. The SMILES string of the molecule is Cc1nnc(C2(CN)CCCCC2)n1C. The van der Waals surface area contributed by atoms with Crippen LogP contribution < -0.4 is 5.73 Å². The Morgan fingerprint density at radius 3 is 2.40 bits per heavy atom. The maximum atomic E-state index is 5.97. The second kappa shape index (κ2) is 3.93. The summed E-state index contributed by atoms with van der Waals surface area (Å²) in [7, 11) is 2.04. The third kappa shape index (κ3) is 1.67. The maximum absolute atomic E-state index is 5.97. The summed E-state index contributed by atoms with van der Waals surface area (Å²) in [4.78, 5) is 0. The van der Waals surface area contributed by atoms with E-state index in [1.807, 2.05) is 14.0 Å². The minimum Gasteiger partial charge on any atom is -0.329 e. The first-order valence-electron chi connectivity index (χ1n) is 5.76. The van der Waals surface area contributed by atoms with Gasteiger partial charge in [-0.05, 0) is 19.8 Å². The summed E-state index contributed by atoms with van der Waals surface area (Å²) in [6, 6.07) is 0. The molecule has 0 bridgehead atoms. The summed E-state index contributed by atoms with van der Waals surface area (Å²) in [5.74, 6) is 2.06. The van der Waals surface area contributed by atoms with Gasteiger partial charge in [0.05, 0.1) is 0 Å². The van der Waals surface area contributed by atoms with Crippen molar-refractivity contribution in [1.82, 2.24) is 14.8 Å². The van der Waals surface area contributed by atoms with Crippen molar-refractivity contribution in [2.75, 3.05) is 6.54 Å². The lowest BCUT2D eigenvalue weighted by atomic mass is 9.73. The molecule has 2 N–H and O–H groups in total. The van der Waals surface area contributed by atoms with Gasteiger partial charge in [0.2, 0.25) is 0 Å². The van der Waals surface area contributed by atoms with Gasteiger partial charge >= 0.3 is 0 Å². The van der Waals surface area contributed by atoms with Crippen LogP contribution in [0.5, 0.6) is 0 Å². The van der Waals surface area contributed by atoms with Crippen LogP contribution in [-0.2, 0) is 12.5 Å². The van der Waals surface area contributed by atoms with Crippen molar-refractivity contribution < 1.29 is 0 Å². The fraction of sp³-hybridized carbons (Fsp3) is 0.818. The van der Waals surface area contributed by atoms with Crippen LogP contribution in [0.15, 0.2) is 0 Å². The molecule has 1 saturated carbocycles. The highest BCUT2D eigenvalue weighted by Crippen LogP contribution is 2.37. The van der Waals surface area contributed by atoms with Crippen LogP contribution in [0, 0.1) is 6.92 Å². The first kappa shape index (κ1) is 10.6. The van der Waals surface area contributed by atoms with Gasteiger partial charge in [-0.25, -0.2) is 0 Å². The zero-order chi connectivity index (χ0) is 10.9. The van der Waals surface area contributed by atoms with E-state index in [1.54, 1.807) is 0 Å². The lowest BCUT2D eigenvalue weighted by Crippen LogP contribution is -2.39. The fourth-order valence-corrected chi connectivity index (χ4v) is 2.62. The molecule has 0 amide bonds. The van der Waals surface area contributed by atoms with E-state index in [1.165, 1.54) is 19.3 Å². The lowest BCUT2D eigenvalue weighted by Gasteiger charge is -2.34. The molecular weight excluding hydrogens is 188 g/mol. The Kier molecular flexibility index (Phi) is 2.78. The van der Waals surface area contributed by atoms with Gasteiger partial charge in [-0.3, -0.25) is 0 Å². The molecule has 0 atom stereocenters. The third-order valence-corrected chi connectivity index (χ3v) is 3.77. The summed E-state index contributed by atoms with van der Waals surface area (Å²) in [5.41, 5.74) is 6.06. The molecule has 1 aromatic rings. The van der Waals surface area contributed by atoms with Crippen molar-refractivity contribution in [3.63, 3.8) is 0 Å². The van der Waals surface area contributed by atoms with Crippen molar-refractivity contribution >= 4 is 0 Å². The lowest BCUT2D eigenvalue weighted by molar-refractivity contribution is 0.279. The third-order valence-electron chi connectivity index (χ3n) is 3.77. The minimum absolute atomic E-state index is 0.0915. The molecule has 2 rings (SSSR count). The maximum Gasteiger partial charge on any atom is 0.140 e. The number of hydrogen-bond donors (Lipinski definition) is 1. The van der Waals surface area contributed by atoms with Crippen molar-refractivity contribution in [3.05, 3.63) is 11.6 Å². The van der Waals surface area contributed by atoms with Crippen LogP contribution in [0.2, 0.25) is 0 Å². The monoisotopic (exact) mass is 208 g/mol. The molecule has 1 heterocycles. The van der Waals surface area contributed by atoms with Crippen molar-refractivity contribution in [3.8, 4) is 0 Å². The van der Waals surface area contributed by atoms with Crippen LogP contribution in [0.1, 0.15) is 43.8 Å². The van der Waals surface area contributed by atoms with E-state index in [0.29, 0.717) is 6.54 Å². The Hall–Kier alpha value is -0.900. The first-order chi connectivity index (χ1) is 7.19. The van der Waals surface area contributed by atoms with Crippen molar-refractivity contribution in [2.45, 2.75) is 44.4 Å². The molecule has 4 nitrogen and oxygen atoms in total. The molecule has 4 heteroatoms. The van der Waals surface area contributed by atoms with Gasteiger partial charge < -0.3 is 10.3 Å². The van der Waals surface area contributed by atoms with Crippen LogP contribution in [0.3, 0.4) is 0 Å². The van der Waals surface area contributed by atoms with E-state index in [2.05, 4.69) is 14.8 Å². The van der Waals surface area contributed by atoms with Gasteiger partial charge in [0.1, 0.15) is 11.6 Å². The van der Waals surface area contributed by atoms with E-state index in [9.17, 15) is 0 Å². The summed E-state index contributed by atoms with van der Waals surface area (Å²) < 4.78 is 2.10. The number of aromatic nitrogens is 3. The average Bonchev–Trinajstić information content (AvgIpc) is 2.61. The molecule has 0 aromatic carbocycles. The van der Waals surface area contributed by atoms with Gasteiger partial charge in [0.25, 0.3) is 0 Å². The number of aryl methyl sites for hydroxylation is 1. The highest BCUT2D eigenvalue weighted by atomic mass is 15.3. The second-order valence-corrected chi connectivity index (χ2v) is 4.67. The largest absolute Gasteiger partial charge is 0.329 e. The minimum atomic E-state index is 0.0915. The number of rotatable bonds is 2. The van der Waals surface area contributed by atoms with E-state index >= 15 is 0 Å². The Labute approximate surface area is 90.9 Å². The summed E-state index contributed by atoms with van der Waals surface area (Å²) in [6.45, 7) is 2.68. The standard InChI is InChI=1S/C11H20N4/c1-9-13-14-10(15(9)2)11(8-12)6-4-3-5-7-11/h3-8,12H2,1-2H3. The van der Waals surface area contributed by atoms with E-state index < -0.39 is 0 Å². The van der Waals surface area contributed by atoms with Gasteiger partial charge in [-0.15, -0.1) is 10.2 Å². The Morgan fingerprint density at radius 2 is 1.93 bits per heavy atom. The molecule has 0 radical (unpaired) electrons. The molecule has 1 aliphatic rings. The molecule has 84 valence electrons. The molecule has 0 spiro atoms. The van der Waals surface area contributed by atoms with E-state index in [-0.39, 0.29) is 5.41 Å². The number of hydrogen-bond acceptors (Lipinski definition) is 3. The van der Waals surface area contributed by atoms with Crippen molar-refractivity contribution in [2.24, 2.45) is 12.8 Å². The first-order valence-corrected chi connectivity index (χ1v) is 5.76. The van der Waals surface area contributed by atoms with Crippen LogP contribution in [-0.4, -0.2) is 21.3 Å². The molecule has 0 unspecified atom stereocenters. The zero-order valence-electron chi connectivity index (χ0n) is 9.66. The van der Waals surface area contributed by atoms with Gasteiger partial charge in [0.15, 0.2) is 0 Å². The molecule has 1 aromatic heterocycles. The van der Waals surface area contributed by atoms with Gasteiger partial charge in [-0.1, -0.05) is 19.3 Å². The normalized spacial score (nSPS) is 20.5. The van der Waals surface area contributed by atoms with Crippen LogP contribution in [0.4, 0.5) is 0 Å². The molecule has 0 aliphatic heterocycles. The highest BCUT2D eigenvalue weighted by molar-refractivity contribution is 5.12. The number of nitrogens with two attached hydrogens (primary N) is 1. The smallest absolute Gasteiger partial charge is 0.140 e. The topological polar surface area (TPSA) is 56.7 Å². The van der Waals surface area contributed by atoms with Crippen molar-refractivity contribution in [1.29, 1.82) is 0 Å². The Bertz CT molecular complexity index is 336. The Morgan fingerprint density at radius 1 is 1.27 bits per heavy atom. The summed E-state index contributed by atoms with van der Waals surface area (Å²) in [6.07, 6.45) is 6.19. The molecule has 1 aliphatic carbocycles. The Balaban J connectivity index is 2.36. The second-order valence-electron chi connectivity index (χ2n) is 4.67. The predicted molar refractivity (Wildman–Crippen MR) is 59.6 cm³/mol. The van der Waals surface area contributed by atoms with E-state index in [0.717, 1.165) is 24.5 Å². The van der Waals surface area contributed by atoms with Crippen LogP contribution in [0.25, 0.3) is 0 Å². The fourth-order valence-electron chi connectivity index (χ4n) is 2.62. The highest BCUT2D eigenvalue weighted by Gasteiger charge is 2.36. The molecule has 1 fully saturated rings. The quantitative estimate of drug-likeness (QED) is 0.796. The van der Waals surface area contributed by atoms with E-state index in [4.69, 9.17) is 5.73 Å². The van der Waals surface area contributed by atoms with Gasteiger partial charge in [-0.2, -0.15) is 0 Å². The van der Waals surface area contributed by atoms with Gasteiger partial charge in [0, 0.05) is 19.0 Å². The molecule has 0 saturated heterocycles. The summed E-state index contributed by atoms with van der Waals surface area (Å²) in [5, 5.41) is 8.46. The molecule has 15 heavy (non-hydrogen) atoms. The van der Waals surface area contributed by atoms with Crippen LogP contribution >= 0.6 is 0 Å².